The molecule has 0 saturated carbocycles. The third kappa shape index (κ3) is 5.48. The van der Waals surface area contributed by atoms with Crippen LogP contribution >= 0.6 is 0 Å². The van der Waals surface area contributed by atoms with Gasteiger partial charge in [-0.2, -0.15) is 22.0 Å². The summed E-state index contributed by atoms with van der Waals surface area (Å²) < 4.78 is 79.6. The standard InChI is InChI=1S/C23H18F5N3O4/c1-3-34-16-6-7-17(20(25)19(16)24)35-15-5-4-13(23(26,27)28)11(2)18(15)22(33)31-12-8-9-30-14(10-12)21(29)32/h4-10H,3H2,1-2H3,(H2,29,32)(H,30,31,33). The maximum atomic E-state index is 14.5. The van der Waals surface area contributed by atoms with Gasteiger partial charge in [-0.15, -0.1) is 0 Å². The van der Waals surface area contributed by atoms with Crippen LogP contribution in [0.1, 0.15) is 38.9 Å². The van der Waals surface area contributed by atoms with Crippen molar-refractivity contribution in [3.63, 3.8) is 0 Å². The van der Waals surface area contributed by atoms with Crippen LogP contribution in [0, 0.1) is 18.6 Å². The van der Waals surface area contributed by atoms with E-state index in [-0.39, 0.29) is 23.7 Å². The summed E-state index contributed by atoms with van der Waals surface area (Å²) in [6, 6.07) is 5.96. The van der Waals surface area contributed by atoms with Crippen molar-refractivity contribution in [2.24, 2.45) is 5.73 Å². The van der Waals surface area contributed by atoms with Gasteiger partial charge in [0.15, 0.2) is 11.5 Å². The van der Waals surface area contributed by atoms with Crippen LogP contribution in [0.15, 0.2) is 42.6 Å². The molecule has 0 radical (unpaired) electrons. The Morgan fingerprint density at radius 2 is 1.66 bits per heavy atom. The molecule has 35 heavy (non-hydrogen) atoms. The molecule has 0 aliphatic carbocycles. The van der Waals surface area contributed by atoms with Crippen LogP contribution in [0.4, 0.5) is 27.6 Å². The maximum Gasteiger partial charge on any atom is 0.416 e. The highest BCUT2D eigenvalue weighted by Crippen LogP contribution is 2.39. The van der Waals surface area contributed by atoms with Gasteiger partial charge in [0.25, 0.3) is 11.8 Å². The minimum Gasteiger partial charge on any atom is -0.491 e. The van der Waals surface area contributed by atoms with E-state index in [0.717, 1.165) is 37.4 Å². The second-order valence-electron chi connectivity index (χ2n) is 7.08. The third-order valence-corrected chi connectivity index (χ3v) is 4.76. The largest absolute Gasteiger partial charge is 0.491 e. The molecule has 1 aromatic heterocycles. The smallest absolute Gasteiger partial charge is 0.416 e. The fourth-order valence-corrected chi connectivity index (χ4v) is 3.18. The number of nitrogens with zero attached hydrogens (tertiary/aromatic N) is 1. The first-order valence-electron chi connectivity index (χ1n) is 10.0. The highest BCUT2D eigenvalue weighted by Gasteiger charge is 2.35. The fourth-order valence-electron chi connectivity index (χ4n) is 3.18. The lowest BCUT2D eigenvalue weighted by molar-refractivity contribution is -0.138. The van der Waals surface area contributed by atoms with Gasteiger partial charge in [0, 0.05) is 11.9 Å². The SMILES string of the molecule is CCOc1ccc(Oc2ccc(C(F)(F)F)c(C)c2C(=O)Nc2ccnc(C(N)=O)c2)c(F)c1F. The van der Waals surface area contributed by atoms with Gasteiger partial charge in [-0.25, -0.2) is 0 Å². The fraction of sp³-hybridized carbons (Fsp3) is 0.174. The van der Waals surface area contributed by atoms with Gasteiger partial charge in [-0.3, -0.25) is 14.6 Å². The van der Waals surface area contributed by atoms with Gasteiger partial charge in [-0.05, 0) is 55.8 Å². The lowest BCUT2D eigenvalue weighted by Gasteiger charge is -2.18. The number of carbonyl (C=O) groups excluding carboxylic acids is 2. The van der Waals surface area contributed by atoms with E-state index >= 15 is 0 Å². The molecule has 3 N–H and O–H groups in total. The molecule has 0 unspecified atom stereocenters. The van der Waals surface area contributed by atoms with Crippen LogP contribution in [0.25, 0.3) is 0 Å². The molecule has 0 saturated heterocycles. The van der Waals surface area contributed by atoms with Crippen molar-refractivity contribution in [3.05, 3.63) is 76.6 Å². The molecule has 0 spiro atoms. The van der Waals surface area contributed by atoms with E-state index in [1.165, 1.54) is 6.07 Å². The van der Waals surface area contributed by atoms with Crippen LogP contribution in [0.3, 0.4) is 0 Å². The first-order chi connectivity index (χ1) is 16.4. The highest BCUT2D eigenvalue weighted by molar-refractivity contribution is 6.08. The lowest BCUT2D eigenvalue weighted by atomic mass is 10.00. The minimum atomic E-state index is -4.82. The Morgan fingerprint density at radius 1 is 1.03 bits per heavy atom. The Kier molecular flexibility index (Phi) is 7.22. The van der Waals surface area contributed by atoms with Gasteiger partial charge in [0.2, 0.25) is 11.6 Å². The number of amides is 2. The van der Waals surface area contributed by atoms with Gasteiger partial charge in [0.1, 0.15) is 11.4 Å². The zero-order valence-corrected chi connectivity index (χ0v) is 18.3. The number of hydrogen-bond donors (Lipinski definition) is 2. The summed E-state index contributed by atoms with van der Waals surface area (Å²) in [5.41, 5.74) is 2.69. The number of nitrogens with two attached hydrogens (primary N) is 1. The summed E-state index contributed by atoms with van der Waals surface area (Å²) in [6.07, 6.45) is -3.66. The van der Waals surface area contributed by atoms with Crippen molar-refractivity contribution >= 4 is 17.5 Å². The van der Waals surface area contributed by atoms with Crippen LogP contribution in [0.2, 0.25) is 0 Å². The quantitative estimate of drug-likeness (QED) is 0.437. The summed E-state index contributed by atoms with van der Waals surface area (Å²) in [5, 5.41) is 2.33. The van der Waals surface area contributed by atoms with E-state index in [0.29, 0.717) is 6.07 Å². The van der Waals surface area contributed by atoms with E-state index < -0.39 is 57.8 Å². The van der Waals surface area contributed by atoms with Gasteiger partial charge >= 0.3 is 6.18 Å². The monoisotopic (exact) mass is 495 g/mol. The molecule has 3 rings (SSSR count). The Balaban J connectivity index is 2.07. The Labute approximate surface area is 195 Å². The van der Waals surface area contributed by atoms with Gasteiger partial charge < -0.3 is 20.5 Å². The molecule has 0 bridgehead atoms. The molecule has 2 amide bonds. The summed E-state index contributed by atoms with van der Waals surface area (Å²) in [5.74, 6) is -6.33. The van der Waals surface area contributed by atoms with E-state index in [4.69, 9.17) is 15.2 Å². The van der Waals surface area contributed by atoms with Crippen molar-refractivity contribution in [1.29, 1.82) is 0 Å². The third-order valence-electron chi connectivity index (χ3n) is 4.76. The first-order valence-corrected chi connectivity index (χ1v) is 10.0. The zero-order chi connectivity index (χ0) is 25.9. The summed E-state index contributed by atoms with van der Waals surface area (Å²) in [7, 11) is 0. The van der Waals surface area contributed by atoms with Crippen LogP contribution in [-0.4, -0.2) is 23.4 Å². The van der Waals surface area contributed by atoms with Crippen molar-refractivity contribution < 1.29 is 41.0 Å². The number of primary amides is 1. The predicted molar refractivity (Wildman–Crippen MR) is 114 cm³/mol. The number of alkyl halides is 3. The number of halogens is 5. The lowest BCUT2D eigenvalue weighted by Crippen LogP contribution is -2.19. The molecule has 0 aliphatic heterocycles. The van der Waals surface area contributed by atoms with Gasteiger partial charge in [-0.1, -0.05) is 0 Å². The Hall–Kier alpha value is -4.22. The summed E-state index contributed by atoms with van der Waals surface area (Å²) >= 11 is 0. The average molecular weight is 495 g/mol. The van der Waals surface area contributed by atoms with Gasteiger partial charge in [0.05, 0.1) is 17.7 Å². The minimum absolute atomic E-state index is 0.000135. The second kappa shape index (κ2) is 9.95. The molecule has 12 heteroatoms. The van der Waals surface area contributed by atoms with Crippen molar-refractivity contribution in [3.8, 4) is 17.2 Å². The molecule has 1 heterocycles. The number of hydrogen-bond acceptors (Lipinski definition) is 5. The first kappa shape index (κ1) is 25.4. The molecule has 184 valence electrons. The van der Waals surface area contributed by atoms with E-state index in [1.807, 2.05) is 0 Å². The zero-order valence-electron chi connectivity index (χ0n) is 18.3. The van der Waals surface area contributed by atoms with Crippen LogP contribution < -0.4 is 20.5 Å². The number of ether oxygens (including phenoxy) is 2. The molecular formula is C23H18F5N3O4. The van der Waals surface area contributed by atoms with E-state index in [9.17, 15) is 31.5 Å². The van der Waals surface area contributed by atoms with Crippen molar-refractivity contribution in [2.75, 3.05) is 11.9 Å². The Morgan fingerprint density at radius 3 is 2.29 bits per heavy atom. The number of anilines is 1. The maximum absolute atomic E-state index is 14.5. The molecule has 0 atom stereocenters. The number of rotatable bonds is 7. The number of carbonyl (C=O) groups is 2. The highest BCUT2D eigenvalue weighted by atomic mass is 19.4. The van der Waals surface area contributed by atoms with Crippen LogP contribution in [-0.2, 0) is 6.18 Å². The molecule has 0 fully saturated rings. The Bertz CT molecular complexity index is 1290. The summed E-state index contributed by atoms with van der Waals surface area (Å²) in [6.45, 7) is 2.65. The molecule has 7 nitrogen and oxygen atoms in total. The topological polar surface area (TPSA) is 104 Å². The number of nitrogens with one attached hydrogen (secondary N) is 1. The average Bonchev–Trinajstić information content (AvgIpc) is 2.78. The number of benzene rings is 2. The molecule has 2 aromatic carbocycles. The second-order valence-corrected chi connectivity index (χ2v) is 7.08. The summed E-state index contributed by atoms with van der Waals surface area (Å²) in [4.78, 5) is 28.0. The molecular weight excluding hydrogens is 477 g/mol. The molecule has 0 aliphatic rings. The van der Waals surface area contributed by atoms with Crippen molar-refractivity contribution in [2.45, 2.75) is 20.0 Å². The number of pyridine rings is 1. The normalized spacial score (nSPS) is 11.2. The predicted octanol–water partition coefficient (Wildman–Crippen LogP) is 5.23. The number of aromatic nitrogens is 1. The molecule has 3 aromatic rings. The van der Waals surface area contributed by atoms with Crippen molar-refractivity contribution in [1.82, 2.24) is 4.98 Å². The van der Waals surface area contributed by atoms with Crippen LogP contribution in [0.5, 0.6) is 17.2 Å². The van der Waals surface area contributed by atoms with E-state index in [2.05, 4.69) is 10.3 Å². The van der Waals surface area contributed by atoms with E-state index in [1.54, 1.807) is 6.92 Å².